The van der Waals surface area contributed by atoms with E-state index in [0.717, 1.165) is 5.92 Å². The van der Waals surface area contributed by atoms with Gasteiger partial charge in [-0.3, -0.25) is 14.9 Å². The van der Waals surface area contributed by atoms with Gasteiger partial charge in [-0.2, -0.15) is 0 Å². The van der Waals surface area contributed by atoms with Crippen LogP contribution in [-0.4, -0.2) is 17.4 Å². The molecular formula is C14H17N3O3. The van der Waals surface area contributed by atoms with Crippen molar-refractivity contribution in [3.05, 3.63) is 33.9 Å². The van der Waals surface area contributed by atoms with Crippen LogP contribution in [-0.2, 0) is 0 Å². The van der Waals surface area contributed by atoms with Crippen LogP contribution in [0.4, 0.5) is 11.4 Å². The van der Waals surface area contributed by atoms with Crippen LogP contribution in [0.3, 0.4) is 0 Å². The monoisotopic (exact) mass is 275 g/mol. The molecule has 1 aromatic rings. The molecule has 0 bridgehead atoms. The molecule has 2 fully saturated rings. The predicted octanol–water partition coefficient (Wildman–Crippen LogP) is 2.10. The quantitative estimate of drug-likeness (QED) is 0.488. The number of hydrogen-bond acceptors (Lipinski definition) is 4. The molecule has 0 spiro atoms. The van der Waals surface area contributed by atoms with Crippen molar-refractivity contribution >= 4 is 17.3 Å². The maximum atomic E-state index is 12.1. The van der Waals surface area contributed by atoms with E-state index in [0.29, 0.717) is 12.0 Å². The van der Waals surface area contributed by atoms with Crippen molar-refractivity contribution in [2.45, 2.75) is 25.7 Å². The minimum atomic E-state index is -0.525. The van der Waals surface area contributed by atoms with Gasteiger partial charge in [-0.1, -0.05) is 0 Å². The Balaban J connectivity index is 1.70. The first-order valence-corrected chi connectivity index (χ1v) is 6.84. The van der Waals surface area contributed by atoms with Crippen LogP contribution in [0.25, 0.3) is 0 Å². The molecule has 0 saturated heterocycles. The Bertz CT molecular complexity index is 577. The van der Waals surface area contributed by atoms with Gasteiger partial charge in [0.2, 0.25) is 0 Å². The summed E-state index contributed by atoms with van der Waals surface area (Å²) in [6, 6.07) is 3.95. The molecule has 1 aromatic carbocycles. The van der Waals surface area contributed by atoms with Gasteiger partial charge in [0.05, 0.1) is 10.5 Å². The molecule has 106 valence electrons. The fraction of sp³-hybridized carbons (Fsp3) is 0.500. The third kappa shape index (κ3) is 2.33. The lowest BCUT2D eigenvalue weighted by Crippen LogP contribution is -2.31. The highest BCUT2D eigenvalue weighted by atomic mass is 16.6. The Labute approximate surface area is 116 Å². The summed E-state index contributed by atoms with van der Waals surface area (Å²) in [6.07, 6.45) is 4.86. The fourth-order valence-corrected chi connectivity index (χ4v) is 2.79. The van der Waals surface area contributed by atoms with Gasteiger partial charge in [0.1, 0.15) is 0 Å². The Hall–Kier alpha value is -2.11. The van der Waals surface area contributed by atoms with Gasteiger partial charge in [0, 0.05) is 24.4 Å². The van der Waals surface area contributed by atoms with Crippen LogP contribution < -0.4 is 11.1 Å². The lowest BCUT2D eigenvalue weighted by atomic mass is 10.0. The zero-order valence-electron chi connectivity index (χ0n) is 11.1. The number of carbonyl (C=O) groups is 1. The Morgan fingerprint density at radius 2 is 2.15 bits per heavy atom. The van der Waals surface area contributed by atoms with Crippen molar-refractivity contribution in [2.75, 3.05) is 12.3 Å². The molecule has 0 unspecified atom stereocenters. The molecule has 2 aliphatic carbocycles. The van der Waals surface area contributed by atoms with Gasteiger partial charge in [0.25, 0.3) is 11.6 Å². The second kappa shape index (κ2) is 4.47. The maximum Gasteiger partial charge on any atom is 0.270 e. The Morgan fingerprint density at radius 3 is 2.70 bits per heavy atom. The van der Waals surface area contributed by atoms with E-state index in [4.69, 9.17) is 5.73 Å². The summed E-state index contributed by atoms with van der Waals surface area (Å²) >= 11 is 0. The number of benzene rings is 1. The molecule has 6 heteroatoms. The minimum Gasteiger partial charge on any atom is -0.398 e. The summed E-state index contributed by atoms with van der Waals surface area (Å²) in [5.74, 6) is 0.434. The number of nitrogens with zero attached hydrogens (tertiary/aromatic N) is 1. The smallest absolute Gasteiger partial charge is 0.270 e. The summed E-state index contributed by atoms with van der Waals surface area (Å²) < 4.78 is 0. The van der Waals surface area contributed by atoms with Crippen molar-refractivity contribution in [3.63, 3.8) is 0 Å². The van der Waals surface area contributed by atoms with E-state index in [1.54, 1.807) is 0 Å². The molecule has 0 aliphatic heterocycles. The third-order valence-corrected chi connectivity index (χ3v) is 4.43. The van der Waals surface area contributed by atoms with Crippen molar-refractivity contribution in [1.29, 1.82) is 0 Å². The molecule has 3 rings (SSSR count). The summed E-state index contributed by atoms with van der Waals surface area (Å²) in [7, 11) is 0. The molecule has 0 atom stereocenters. The molecule has 20 heavy (non-hydrogen) atoms. The van der Waals surface area contributed by atoms with Crippen LogP contribution in [0.15, 0.2) is 18.2 Å². The van der Waals surface area contributed by atoms with Crippen LogP contribution in [0.2, 0.25) is 0 Å². The van der Waals surface area contributed by atoms with Crippen molar-refractivity contribution in [2.24, 2.45) is 11.3 Å². The lowest BCUT2D eigenvalue weighted by molar-refractivity contribution is -0.384. The highest BCUT2D eigenvalue weighted by molar-refractivity contribution is 5.99. The maximum absolute atomic E-state index is 12.1. The Kier molecular flexibility index (Phi) is 2.88. The second-order valence-corrected chi connectivity index (χ2v) is 5.85. The van der Waals surface area contributed by atoms with Crippen molar-refractivity contribution in [3.8, 4) is 0 Å². The first-order valence-electron chi connectivity index (χ1n) is 6.84. The molecule has 2 aliphatic rings. The molecule has 0 radical (unpaired) electrons. The normalized spacial score (nSPS) is 19.4. The predicted molar refractivity (Wildman–Crippen MR) is 74.2 cm³/mol. The lowest BCUT2D eigenvalue weighted by Gasteiger charge is -2.15. The van der Waals surface area contributed by atoms with Crippen LogP contribution in [0, 0.1) is 21.4 Å². The molecule has 1 amide bonds. The average molecular weight is 275 g/mol. The van der Waals surface area contributed by atoms with E-state index in [9.17, 15) is 14.9 Å². The Morgan fingerprint density at radius 1 is 1.45 bits per heavy atom. The number of nitrogens with one attached hydrogen (secondary N) is 1. The zero-order chi connectivity index (χ0) is 14.3. The summed E-state index contributed by atoms with van der Waals surface area (Å²) in [4.78, 5) is 22.4. The SMILES string of the molecule is Nc1ccc([N+](=O)[O-])cc1C(=O)NCC1(C2CC2)CC1. The van der Waals surface area contributed by atoms with Crippen molar-refractivity contribution in [1.82, 2.24) is 5.32 Å². The van der Waals surface area contributed by atoms with Gasteiger partial charge >= 0.3 is 0 Å². The van der Waals surface area contributed by atoms with Gasteiger partial charge in [0.15, 0.2) is 0 Å². The second-order valence-electron chi connectivity index (χ2n) is 5.85. The van der Waals surface area contributed by atoms with Gasteiger partial charge in [-0.05, 0) is 43.1 Å². The number of anilines is 1. The highest BCUT2D eigenvalue weighted by Gasteiger charge is 2.53. The summed E-state index contributed by atoms with van der Waals surface area (Å²) in [5, 5.41) is 13.6. The third-order valence-electron chi connectivity index (χ3n) is 4.43. The molecule has 0 aromatic heterocycles. The molecule has 6 nitrogen and oxygen atoms in total. The fourth-order valence-electron chi connectivity index (χ4n) is 2.79. The van der Waals surface area contributed by atoms with Crippen LogP contribution in [0.5, 0.6) is 0 Å². The summed E-state index contributed by atoms with van der Waals surface area (Å²) in [5.41, 5.74) is 6.37. The number of non-ortho nitro benzene ring substituents is 1. The number of amides is 1. The number of nitrogen functional groups attached to an aromatic ring is 1. The zero-order valence-corrected chi connectivity index (χ0v) is 11.1. The number of carbonyl (C=O) groups excluding carboxylic acids is 1. The van der Waals surface area contributed by atoms with E-state index in [2.05, 4.69) is 5.32 Å². The highest BCUT2D eigenvalue weighted by Crippen LogP contribution is 2.60. The first-order chi connectivity index (χ1) is 9.52. The summed E-state index contributed by atoms with van der Waals surface area (Å²) in [6.45, 7) is 0.651. The van der Waals surface area contributed by atoms with Crippen molar-refractivity contribution < 1.29 is 9.72 Å². The van der Waals surface area contributed by atoms with E-state index >= 15 is 0 Å². The minimum absolute atomic E-state index is 0.118. The van der Waals surface area contributed by atoms with Gasteiger partial charge < -0.3 is 11.1 Å². The van der Waals surface area contributed by atoms with Crippen LogP contribution >= 0.6 is 0 Å². The number of nitro groups is 1. The number of rotatable bonds is 5. The van der Waals surface area contributed by atoms with E-state index < -0.39 is 4.92 Å². The van der Waals surface area contributed by atoms with Gasteiger partial charge in [-0.25, -0.2) is 0 Å². The van der Waals surface area contributed by atoms with E-state index in [1.165, 1.54) is 43.9 Å². The molecule has 3 N–H and O–H groups in total. The largest absolute Gasteiger partial charge is 0.398 e. The average Bonchev–Trinajstić information content (AvgIpc) is 3.27. The topological polar surface area (TPSA) is 98.3 Å². The first kappa shape index (κ1) is 12.9. The van der Waals surface area contributed by atoms with E-state index in [1.807, 2.05) is 0 Å². The number of nitrogens with two attached hydrogens (primary N) is 1. The van der Waals surface area contributed by atoms with Crippen LogP contribution in [0.1, 0.15) is 36.0 Å². The van der Waals surface area contributed by atoms with E-state index in [-0.39, 0.29) is 22.8 Å². The molecule has 0 heterocycles. The standard InChI is InChI=1S/C14H17N3O3/c15-12-4-3-10(17(19)20)7-11(12)13(18)16-8-14(5-6-14)9-1-2-9/h3-4,7,9H,1-2,5-6,8,15H2,(H,16,18). The number of hydrogen-bond donors (Lipinski definition) is 2. The number of nitro benzene ring substituents is 1. The molecule has 2 saturated carbocycles. The molecular weight excluding hydrogens is 258 g/mol. The van der Waals surface area contributed by atoms with Gasteiger partial charge in [-0.15, -0.1) is 0 Å².